The van der Waals surface area contributed by atoms with Gasteiger partial charge in [0.25, 0.3) is 0 Å². The minimum absolute atomic E-state index is 0.519. The maximum atomic E-state index is 11.1. The number of halogens is 1. The summed E-state index contributed by atoms with van der Waals surface area (Å²) in [7, 11) is 0. The largest absolute Gasteiger partial charge is 0.481 e. The molecule has 0 fully saturated rings. The fraction of sp³-hybridized carbons (Fsp3) is 0.364. The van der Waals surface area contributed by atoms with Crippen molar-refractivity contribution in [3.8, 4) is 0 Å². The molecule has 0 amide bonds. The van der Waals surface area contributed by atoms with Crippen LogP contribution in [0, 0.1) is 0 Å². The molecule has 1 aliphatic carbocycles. The monoisotopic (exact) mass is 270 g/mol. The van der Waals surface area contributed by atoms with Gasteiger partial charge >= 0.3 is 5.97 Å². The first-order valence-electron chi connectivity index (χ1n) is 4.79. The number of hydrogen-bond acceptors (Lipinski definition) is 2. The van der Waals surface area contributed by atoms with Gasteiger partial charge in [0.2, 0.25) is 0 Å². The molecule has 15 heavy (non-hydrogen) atoms. The molecule has 4 heteroatoms. The van der Waals surface area contributed by atoms with Gasteiger partial charge in [-0.2, -0.15) is 0 Å². The summed E-state index contributed by atoms with van der Waals surface area (Å²) < 4.78 is 0.849. The Kier molecular flexibility index (Phi) is 2.80. The van der Waals surface area contributed by atoms with Crippen LogP contribution in [0.25, 0.3) is 0 Å². The Labute approximate surface area is 95.9 Å². The van der Waals surface area contributed by atoms with Crippen molar-refractivity contribution in [2.24, 2.45) is 0 Å². The predicted molar refractivity (Wildman–Crippen MR) is 58.8 cm³/mol. The van der Waals surface area contributed by atoms with Crippen molar-refractivity contribution in [1.82, 2.24) is 0 Å². The molecule has 2 unspecified atom stereocenters. The van der Waals surface area contributed by atoms with Gasteiger partial charge in [0.05, 0.1) is 6.10 Å². The number of aryl methyl sites for hydroxylation is 1. The van der Waals surface area contributed by atoms with E-state index in [9.17, 15) is 9.90 Å². The fourth-order valence-electron chi connectivity index (χ4n) is 2.06. The van der Waals surface area contributed by atoms with Crippen LogP contribution < -0.4 is 0 Å². The molecule has 0 saturated heterocycles. The quantitative estimate of drug-likeness (QED) is 0.820. The summed E-state index contributed by atoms with van der Waals surface area (Å²) in [6.45, 7) is 0. The SMILES string of the molecule is O=C(O)C1c2cc(Br)ccc2CCC1O. The van der Waals surface area contributed by atoms with Crippen LogP contribution in [0.15, 0.2) is 22.7 Å². The van der Waals surface area contributed by atoms with Crippen LogP contribution in [-0.4, -0.2) is 22.3 Å². The molecule has 0 aromatic heterocycles. The van der Waals surface area contributed by atoms with Crippen molar-refractivity contribution in [1.29, 1.82) is 0 Å². The van der Waals surface area contributed by atoms with Crippen LogP contribution >= 0.6 is 15.9 Å². The lowest BCUT2D eigenvalue weighted by Crippen LogP contribution is -2.31. The molecule has 2 rings (SSSR count). The first-order valence-corrected chi connectivity index (χ1v) is 5.58. The molecule has 80 valence electrons. The van der Waals surface area contributed by atoms with Crippen molar-refractivity contribution in [2.45, 2.75) is 24.9 Å². The van der Waals surface area contributed by atoms with Crippen LogP contribution in [0.1, 0.15) is 23.5 Å². The Balaban J connectivity index is 2.50. The Hall–Kier alpha value is -0.870. The van der Waals surface area contributed by atoms with Crippen molar-refractivity contribution < 1.29 is 15.0 Å². The van der Waals surface area contributed by atoms with Crippen LogP contribution in [0.4, 0.5) is 0 Å². The number of benzene rings is 1. The first kappa shape index (κ1) is 10.6. The van der Waals surface area contributed by atoms with E-state index in [1.807, 2.05) is 12.1 Å². The first-order chi connectivity index (χ1) is 7.09. The van der Waals surface area contributed by atoms with Gasteiger partial charge in [-0.15, -0.1) is 0 Å². The molecule has 3 nitrogen and oxygen atoms in total. The van der Waals surface area contributed by atoms with E-state index in [2.05, 4.69) is 15.9 Å². The highest BCUT2D eigenvalue weighted by Crippen LogP contribution is 2.33. The molecule has 2 atom stereocenters. The maximum absolute atomic E-state index is 11.1. The lowest BCUT2D eigenvalue weighted by atomic mass is 9.81. The highest BCUT2D eigenvalue weighted by Gasteiger charge is 2.33. The van der Waals surface area contributed by atoms with E-state index in [-0.39, 0.29) is 0 Å². The number of carbonyl (C=O) groups is 1. The van der Waals surface area contributed by atoms with Gasteiger partial charge in [-0.05, 0) is 36.1 Å². The summed E-state index contributed by atoms with van der Waals surface area (Å²) in [6.07, 6.45) is 0.489. The molecular formula is C11H11BrO3. The van der Waals surface area contributed by atoms with Gasteiger partial charge in [-0.3, -0.25) is 4.79 Å². The second-order valence-corrected chi connectivity index (χ2v) is 4.68. The van der Waals surface area contributed by atoms with E-state index >= 15 is 0 Å². The molecule has 2 N–H and O–H groups in total. The summed E-state index contributed by atoms with van der Waals surface area (Å²) in [6, 6.07) is 5.60. The van der Waals surface area contributed by atoms with Crippen molar-refractivity contribution >= 4 is 21.9 Å². The van der Waals surface area contributed by atoms with Crippen molar-refractivity contribution in [3.63, 3.8) is 0 Å². The molecule has 0 radical (unpaired) electrons. The molecule has 1 aromatic rings. The summed E-state index contributed by atoms with van der Waals surface area (Å²) in [5.41, 5.74) is 1.76. The third kappa shape index (κ3) is 1.92. The molecule has 0 aliphatic heterocycles. The van der Waals surface area contributed by atoms with E-state index in [1.165, 1.54) is 0 Å². The maximum Gasteiger partial charge on any atom is 0.313 e. The standard InChI is InChI=1S/C11H11BrO3/c12-7-3-1-6-2-4-9(13)10(11(14)15)8(6)5-7/h1,3,5,9-10,13H,2,4H2,(H,14,15). The minimum Gasteiger partial charge on any atom is -0.481 e. The average Bonchev–Trinajstić information content (AvgIpc) is 2.16. The van der Waals surface area contributed by atoms with Gasteiger partial charge in [0.1, 0.15) is 5.92 Å². The Morgan fingerprint density at radius 1 is 1.47 bits per heavy atom. The van der Waals surface area contributed by atoms with Crippen molar-refractivity contribution in [3.05, 3.63) is 33.8 Å². The molecule has 0 spiro atoms. The summed E-state index contributed by atoms with van der Waals surface area (Å²) in [4.78, 5) is 11.1. The number of aliphatic hydroxyl groups excluding tert-OH is 1. The number of fused-ring (bicyclic) bond motifs is 1. The van der Waals surface area contributed by atoms with E-state index in [0.29, 0.717) is 6.42 Å². The second-order valence-electron chi connectivity index (χ2n) is 3.77. The predicted octanol–water partition coefficient (Wildman–Crippen LogP) is 1.92. The third-order valence-corrected chi connectivity index (χ3v) is 3.30. The highest BCUT2D eigenvalue weighted by molar-refractivity contribution is 9.10. The van der Waals surface area contributed by atoms with Gasteiger partial charge in [-0.25, -0.2) is 0 Å². The van der Waals surface area contributed by atoms with Crippen LogP contribution in [0.5, 0.6) is 0 Å². The lowest BCUT2D eigenvalue weighted by Gasteiger charge is -2.27. The van der Waals surface area contributed by atoms with Crippen LogP contribution in [0.3, 0.4) is 0 Å². The zero-order valence-corrected chi connectivity index (χ0v) is 9.57. The van der Waals surface area contributed by atoms with Gasteiger partial charge in [0.15, 0.2) is 0 Å². The summed E-state index contributed by atoms with van der Waals surface area (Å²) >= 11 is 3.31. The Bertz CT molecular complexity index is 403. The van der Waals surface area contributed by atoms with Gasteiger partial charge < -0.3 is 10.2 Å². The zero-order valence-electron chi connectivity index (χ0n) is 7.98. The number of carboxylic acids is 1. The zero-order chi connectivity index (χ0) is 11.0. The smallest absolute Gasteiger partial charge is 0.313 e. The number of rotatable bonds is 1. The van der Waals surface area contributed by atoms with Crippen LogP contribution in [-0.2, 0) is 11.2 Å². The highest BCUT2D eigenvalue weighted by atomic mass is 79.9. The molecule has 0 saturated carbocycles. The summed E-state index contributed by atoms with van der Waals surface area (Å²) in [5.74, 6) is -1.74. The minimum atomic E-state index is -0.957. The number of aliphatic hydroxyl groups is 1. The lowest BCUT2D eigenvalue weighted by molar-refractivity contribution is -0.142. The fourth-order valence-corrected chi connectivity index (χ4v) is 2.44. The third-order valence-electron chi connectivity index (χ3n) is 2.80. The molecular weight excluding hydrogens is 260 g/mol. The molecule has 0 heterocycles. The summed E-state index contributed by atoms with van der Waals surface area (Å²) in [5, 5.41) is 18.8. The number of aliphatic carboxylic acids is 1. The number of hydrogen-bond donors (Lipinski definition) is 2. The van der Waals surface area contributed by atoms with E-state index in [0.717, 1.165) is 22.0 Å². The van der Waals surface area contributed by atoms with E-state index < -0.39 is 18.0 Å². The van der Waals surface area contributed by atoms with Crippen LogP contribution in [0.2, 0.25) is 0 Å². The molecule has 1 aliphatic rings. The molecule has 0 bridgehead atoms. The average molecular weight is 271 g/mol. The van der Waals surface area contributed by atoms with E-state index in [4.69, 9.17) is 5.11 Å². The van der Waals surface area contributed by atoms with Crippen molar-refractivity contribution in [2.75, 3.05) is 0 Å². The Morgan fingerprint density at radius 3 is 2.87 bits per heavy atom. The van der Waals surface area contributed by atoms with Gasteiger partial charge in [-0.1, -0.05) is 22.0 Å². The Morgan fingerprint density at radius 2 is 2.20 bits per heavy atom. The van der Waals surface area contributed by atoms with E-state index in [1.54, 1.807) is 6.07 Å². The topological polar surface area (TPSA) is 57.5 Å². The van der Waals surface area contributed by atoms with Gasteiger partial charge in [0, 0.05) is 4.47 Å². The molecule has 1 aromatic carbocycles. The normalized spacial score (nSPS) is 24.7. The second kappa shape index (κ2) is 3.94. The number of carboxylic acid groups (broad SMARTS) is 1.